The van der Waals surface area contributed by atoms with Gasteiger partial charge in [0.2, 0.25) is 0 Å². The predicted octanol–water partition coefficient (Wildman–Crippen LogP) is 5.24. The van der Waals surface area contributed by atoms with Gasteiger partial charge in [-0.25, -0.2) is 4.57 Å². The Balaban J connectivity index is 3.52. The zero-order valence-corrected chi connectivity index (χ0v) is 20.5. The number of carbonyl (C=O) groups excluding carboxylic acids is 1. The summed E-state index contributed by atoms with van der Waals surface area (Å²) >= 11 is 0. The minimum Gasteiger partial charge on any atom is -0.463 e. The van der Waals surface area contributed by atoms with Crippen LogP contribution in [0.15, 0.2) is 12.2 Å². The molecule has 7 nitrogen and oxygen atoms in total. The Labute approximate surface area is 184 Å². The van der Waals surface area contributed by atoms with Crippen LogP contribution in [0.1, 0.15) is 77.6 Å². The number of rotatable bonds is 20. The second-order valence-electron chi connectivity index (χ2n) is 8.64. The SMILES string of the molecule is CCCCC/C=C/CCCCCCCC(=O)OCCOP(=O)(O)OCC[N+](C)(C)C. The lowest BCUT2D eigenvalue weighted by atomic mass is 10.1. The maximum atomic E-state index is 11.7. The zero-order chi connectivity index (χ0) is 22.7. The van der Waals surface area contributed by atoms with Gasteiger partial charge >= 0.3 is 13.8 Å². The average molecular weight is 451 g/mol. The van der Waals surface area contributed by atoms with Gasteiger partial charge in [-0.05, 0) is 32.1 Å². The molecule has 0 heterocycles. The van der Waals surface area contributed by atoms with Crippen molar-refractivity contribution in [2.75, 3.05) is 47.5 Å². The Morgan fingerprint density at radius 3 is 2.07 bits per heavy atom. The molecule has 0 rings (SSSR count). The van der Waals surface area contributed by atoms with E-state index >= 15 is 0 Å². The lowest BCUT2D eigenvalue weighted by Crippen LogP contribution is -2.37. The molecule has 0 aromatic carbocycles. The largest absolute Gasteiger partial charge is 0.472 e. The van der Waals surface area contributed by atoms with E-state index in [-0.39, 0.29) is 25.8 Å². The van der Waals surface area contributed by atoms with Gasteiger partial charge in [0, 0.05) is 6.42 Å². The van der Waals surface area contributed by atoms with Gasteiger partial charge in [-0.3, -0.25) is 13.8 Å². The lowest BCUT2D eigenvalue weighted by Gasteiger charge is -2.23. The summed E-state index contributed by atoms with van der Waals surface area (Å²) in [6.45, 7) is 2.71. The molecule has 0 aliphatic carbocycles. The average Bonchev–Trinajstić information content (AvgIpc) is 2.65. The highest BCUT2D eigenvalue weighted by Gasteiger charge is 2.22. The molecule has 0 aromatic heterocycles. The molecule has 0 aliphatic heterocycles. The number of hydrogen-bond acceptors (Lipinski definition) is 5. The molecule has 1 atom stereocenters. The van der Waals surface area contributed by atoms with Crippen LogP contribution in [-0.4, -0.2) is 62.9 Å². The third-order valence-corrected chi connectivity index (χ3v) is 5.53. The second kappa shape index (κ2) is 17.9. The Morgan fingerprint density at radius 2 is 1.43 bits per heavy atom. The van der Waals surface area contributed by atoms with Gasteiger partial charge in [-0.2, -0.15) is 0 Å². The van der Waals surface area contributed by atoms with E-state index < -0.39 is 7.82 Å². The number of nitrogens with zero attached hydrogens (tertiary/aromatic N) is 1. The van der Waals surface area contributed by atoms with E-state index in [9.17, 15) is 14.3 Å². The number of likely N-dealkylation sites (N-methyl/N-ethyl adjacent to an activating group) is 1. The van der Waals surface area contributed by atoms with Crippen molar-refractivity contribution in [1.29, 1.82) is 0 Å². The molecule has 0 radical (unpaired) electrons. The van der Waals surface area contributed by atoms with E-state index in [1.54, 1.807) is 0 Å². The standard InChI is InChI=1S/C22H44NO6P/c1-5-6-7-8-9-10-11-12-13-14-15-16-17-22(24)27-20-21-29-30(25,26)28-19-18-23(2,3)4/h9-10H,5-8,11-21H2,1-4H3/p+1/b10-9+. The van der Waals surface area contributed by atoms with Gasteiger partial charge in [0.25, 0.3) is 0 Å². The first-order valence-electron chi connectivity index (χ1n) is 11.4. The van der Waals surface area contributed by atoms with Crippen LogP contribution in [0.2, 0.25) is 0 Å². The van der Waals surface area contributed by atoms with Crippen molar-refractivity contribution in [2.45, 2.75) is 77.6 Å². The van der Waals surface area contributed by atoms with Crippen molar-refractivity contribution in [1.82, 2.24) is 0 Å². The summed E-state index contributed by atoms with van der Waals surface area (Å²) in [6.07, 6.45) is 16.5. The number of ether oxygens (including phenoxy) is 1. The molecule has 0 spiro atoms. The normalized spacial score (nSPS) is 14.2. The first-order valence-corrected chi connectivity index (χ1v) is 12.9. The van der Waals surface area contributed by atoms with Crippen LogP contribution in [-0.2, 0) is 23.1 Å². The number of phosphoric ester groups is 1. The first kappa shape index (κ1) is 29.3. The fourth-order valence-electron chi connectivity index (χ4n) is 2.66. The van der Waals surface area contributed by atoms with Crippen LogP contribution < -0.4 is 0 Å². The number of quaternary nitrogens is 1. The summed E-state index contributed by atoms with van der Waals surface area (Å²) in [6, 6.07) is 0. The van der Waals surface area contributed by atoms with Gasteiger partial charge < -0.3 is 14.1 Å². The van der Waals surface area contributed by atoms with E-state index in [2.05, 4.69) is 19.1 Å². The minimum absolute atomic E-state index is 0.0489. The molecule has 1 unspecified atom stereocenters. The van der Waals surface area contributed by atoms with Crippen molar-refractivity contribution < 1.29 is 32.5 Å². The molecule has 0 bridgehead atoms. The number of esters is 1. The highest BCUT2D eigenvalue weighted by molar-refractivity contribution is 7.47. The van der Waals surface area contributed by atoms with Crippen molar-refractivity contribution in [3.8, 4) is 0 Å². The predicted molar refractivity (Wildman–Crippen MR) is 121 cm³/mol. The van der Waals surface area contributed by atoms with Gasteiger partial charge in [0.15, 0.2) is 0 Å². The lowest BCUT2D eigenvalue weighted by molar-refractivity contribution is -0.870. The zero-order valence-electron chi connectivity index (χ0n) is 19.6. The fourth-order valence-corrected chi connectivity index (χ4v) is 3.35. The van der Waals surface area contributed by atoms with Gasteiger partial charge in [0.05, 0.1) is 27.7 Å². The topological polar surface area (TPSA) is 82.1 Å². The number of phosphoric acid groups is 1. The molecule has 1 N–H and O–H groups in total. The summed E-state index contributed by atoms with van der Waals surface area (Å²) in [5, 5.41) is 0. The van der Waals surface area contributed by atoms with Gasteiger partial charge in [-0.1, -0.05) is 51.2 Å². The molecule has 178 valence electrons. The van der Waals surface area contributed by atoms with Crippen LogP contribution in [0.25, 0.3) is 0 Å². The Bertz CT molecular complexity index is 504. The van der Waals surface area contributed by atoms with Crippen molar-refractivity contribution in [3.63, 3.8) is 0 Å². The van der Waals surface area contributed by atoms with Gasteiger partial charge in [-0.15, -0.1) is 0 Å². The summed E-state index contributed by atoms with van der Waals surface area (Å²) in [5.74, 6) is -0.299. The van der Waals surface area contributed by atoms with Crippen molar-refractivity contribution >= 4 is 13.8 Å². The smallest absolute Gasteiger partial charge is 0.463 e. The molecule has 0 saturated heterocycles. The van der Waals surface area contributed by atoms with Crippen molar-refractivity contribution in [3.05, 3.63) is 12.2 Å². The highest BCUT2D eigenvalue weighted by Crippen LogP contribution is 2.42. The molecule has 0 fully saturated rings. The van der Waals surface area contributed by atoms with Crippen LogP contribution >= 0.6 is 7.82 Å². The molecule has 0 amide bonds. The molecule has 30 heavy (non-hydrogen) atoms. The molecule has 8 heteroatoms. The fraction of sp³-hybridized carbons (Fsp3) is 0.864. The van der Waals surface area contributed by atoms with E-state index in [0.717, 1.165) is 25.7 Å². The quantitative estimate of drug-likeness (QED) is 0.0898. The first-order chi connectivity index (χ1) is 14.2. The highest BCUT2D eigenvalue weighted by atomic mass is 31.2. The maximum Gasteiger partial charge on any atom is 0.472 e. The Morgan fingerprint density at radius 1 is 0.867 bits per heavy atom. The van der Waals surface area contributed by atoms with Crippen LogP contribution in [0.5, 0.6) is 0 Å². The van der Waals surface area contributed by atoms with E-state index in [1.807, 2.05) is 21.1 Å². The van der Waals surface area contributed by atoms with E-state index in [1.165, 1.54) is 38.5 Å². The van der Waals surface area contributed by atoms with Crippen LogP contribution in [0.3, 0.4) is 0 Å². The van der Waals surface area contributed by atoms with Gasteiger partial charge in [0.1, 0.15) is 19.8 Å². The van der Waals surface area contributed by atoms with E-state index in [0.29, 0.717) is 17.4 Å². The molecule has 0 aromatic rings. The van der Waals surface area contributed by atoms with Crippen LogP contribution in [0.4, 0.5) is 0 Å². The van der Waals surface area contributed by atoms with Crippen LogP contribution in [0, 0.1) is 0 Å². The van der Waals surface area contributed by atoms with Crippen molar-refractivity contribution in [2.24, 2.45) is 0 Å². The number of allylic oxidation sites excluding steroid dienone is 2. The second-order valence-corrected chi connectivity index (χ2v) is 10.1. The monoisotopic (exact) mass is 450 g/mol. The number of hydrogen-bond donors (Lipinski definition) is 1. The Hall–Kier alpha value is -0.720. The summed E-state index contributed by atoms with van der Waals surface area (Å²) in [5.41, 5.74) is 0. The maximum absolute atomic E-state index is 11.7. The van der Waals surface area contributed by atoms with E-state index in [4.69, 9.17) is 13.8 Å². The third kappa shape index (κ3) is 22.0. The molecular weight excluding hydrogens is 405 g/mol. The summed E-state index contributed by atoms with van der Waals surface area (Å²) in [4.78, 5) is 21.2. The Kier molecular flexibility index (Phi) is 17.5. The summed E-state index contributed by atoms with van der Waals surface area (Å²) in [7, 11) is 1.78. The number of carbonyl (C=O) groups is 1. The number of unbranched alkanes of at least 4 members (excludes halogenated alkanes) is 8. The third-order valence-electron chi connectivity index (χ3n) is 4.51. The molecule has 0 saturated carbocycles. The molecular formula is C22H45NO6P+. The summed E-state index contributed by atoms with van der Waals surface area (Å²) < 4.78 is 27.1. The molecule has 0 aliphatic rings. The minimum atomic E-state index is -4.09.